The average molecular weight is 735 g/mol. The third-order valence-electron chi connectivity index (χ3n) is 8.64. The normalized spacial score (nSPS) is 32.5. The van der Waals surface area contributed by atoms with Crippen LogP contribution in [0.2, 0.25) is 0 Å². The van der Waals surface area contributed by atoms with Gasteiger partial charge in [-0.2, -0.15) is 0 Å². The van der Waals surface area contributed by atoms with E-state index in [0.717, 1.165) is 31.6 Å². The van der Waals surface area contributed by atoms with Crippen LogP contribution in [0.3, 0.4) is 0 Å². The lowest BCUT2D eigenvalue weighted by atomic mass is 9.56. The summed E-state index contributed by atoms with van der Waals surface area (Å²) in [5.74, 6) is -8.13. The molecular weight excluding hydrogens is 715 g/mol. The zero-order valence-corrected chi connectivity index (χ0v) is 25.2. The Hall–Kier alpha value is -2.84. The molecule has 1 saturated carbocycles. The van der Waals surface area contributed by atoms with Crippen LogP contribution in [0.25, 0.3) is 0 Å². The zero-order chi connectivity index (χ0) is 30.5. The number of aromatic hydroxyl groups is 1. The number of likely N-dealkylation sites (tertiary alicyclic amines) is 1. The summed E-state index contributed by atoms with van der Waals surface area (Å²) in [6.07, 6.45) is -3.69. The largest absolute Gasteiger partial charge is 0.573 e. The van der Waals surface area contributed by atoms with Crippen LogP contribution in [-0.4, -0.2) is 56.8 Å². The zero-order valence-electron chi connectivity index (χ0n) is 21.5. The van der Waals surface area contributed by atoms with E-state index in [1.807, 2.05) is 0 Å². The Labute approximate surface area is 260 Å². The summed E-state index contributed by atoms with van der Waals surface area (Å²) in [6.45, 7) is 0. The van der Waals surface area contributed by atoms with Crippen LogP contribution < -0.4 is 9.64 Å². The first kappa shape index (κ1) is 29.2. The fourth-order valence-corrected chi connectivity index (χ4v) is 8.27. The molecule has 0 aromatic heterocycles. The summed E-state index contributed by atoms with van der Waals surface area (Å²) in [6, 6.07) is 9.49. The van der Waals surface area contributed by atoms with Gasteiger partial charge in [0.15, 0.2) is 9.75 Å². The first-order valence-corrected chi connectivity index (χ1v) is 14.6. The van der Waals surface area contributed by atoms with Gasteiger partial charge in [0.1, 0.15) is 11.5 Å². The molecule has 2 aromatic rings. The van der Waals surface area contributed by atoms with Crippen molar-refractivity contribution in [3.05, 3.63) is 63.2 Å². The number of phenolic OH excluding ortho intramolecular Hbond substituents is 1. The van der Waals surface area contributed by atoms with Crippen LogP contribution in [0.1, 0.15) is 24.3 Å². The minimum atomic E-state index is -5.06. The van der Waals surface area contributed by atoms with Gasteiger partial charge in [-0.3, -0.25) is 29.0 Å². The van der Waals surface area contributed by atoms with Crippen LogP contribution >= 0.6 is 45.8 Å². The number of anilines is 1. The maximum atomic E-state index is 13.9. The van der Waals surface area contributed by atoms with Crippen LogP contribution in [0.5, 0.6) is 11.5 Å². The predicted octanol–water partition coefficient (Wildman–Crippen LogP) is 5.09. The number of hydrogen-bond acceptors (Lipinski definition) is 6. The maximum absolute atomic E-state index is 13.9. The van der Waals surface area contributed by atoms with Gasteiger partial charge in [0.05, 0.1) is 17.5 Å². The lowest BCUT2D eigenvalue weighted by molar-refractivity contribution is -0.274. The smallest absolute Gasteiger partial charge is 0.508 e. The number of carbonyl (C=O) groups is 4. The Balaban J connectivity index is 1.52. The number of imide groups is 2. The number of alkyl halides is 5. The monoisotopic (exact) mass is 734 g/mol. The number of benzene rings is 2. The Morgan fingerprint density at radius 3 is 2.31 bits per heavy atom. The summed E-state index contributed by atoms with van der Waals surface area (Å²) >= 11 is 16.1. The topological polar surface area (TPSA) is 104 Å². The standard InChI is InChI=1S/C28H20Cl2F3IN2O6/c1-35-24(40)26(29)11-18-15(7-8-16-20(18)23(39)36(22(16)38)13-4-2-12(34)3-5-13)21(27(26,30)25(35)41)17-10-14(6-9-19(17)37)42-28(31,32)33/h2-7,9-10,16,18,20-21,37H,8,11H2,1H3/t16-,18+,20-,21+,26+,27-/m0/s1. The molecule has 2 aliphatic carbocycles. The Bertz CT molecular complexity index is 1600. The molecule has 0 unspecified atom stereocenters. The number of rotatable bonds is 3. The minimum Gasteiger partial charge on any atom is -0.508 e. The van der Waals surface area contributed by atoms with Crippen LogP contribution in [0.15, 0.2) is 54.1 Å². The lowest BCUT2D eigenvalue weighted by Gasteiger charge is -2.50. The van der Waals surface area contributed by atoms with E-state index in [-0.39, 0.29) is 18.4 Å². The summed E-state index contributed by atoms with van der Waals surface area (Å²) in [5.41, 5.74) is 0.445. The number of hydrogen-bond donors (Lipinski definition) is 1. The van der Waals surface area contributed by atoms with Gasteiger partial charge in [-0.1, -0.05) is 11.6 Å². The molecule has 2 saturated heterocycles. The molecule has 2 aromatic carbocycles. The fraction of sp³-hybridized carbons (Fsp3) is 0.357. The van der Waals surface area contributed by atoms with Crippen molar-refractivity contribution in [1.82, 2.24) is 4.90 Å². The summed E-state index contributed by atoms with van der Waals surface area (Å²) < 4.78 is 44.3. The first-order valence-electron chi connectivity index (χ1n) is 12.7. The van der Waals surface area contributed by atoms with Crippen molar-refractivity contribution in [3.8, 4) is 11.5 Å². The molecule has 2 heterocycles. The molecule has 42 heavy (non-hydrogen) atoms. The molecular formula is C28H20Cl2F3IN2O6. The second-order valence-electron chi connectivity index (χ2n) is 10.8. The van der Waals surface area contributed by atoms with Crippen LogP contribution in [-0.2, 0) is 19.2 Å². The highest BCUT2D eigenvalue weighted by molar-refractivity contribution is 14.1. The van der Waals surface area contributed by atoms with Gasteiger partial charge in [-0.05, 0) is 83.8 Å². The van der Waals surface area contributed by atoms with Gasteiger partial charge < -0.3 is 9.84 Å². The molecule has 6 rings (SSSR count). The van der Waals surface area contributed by atoms with E-state index in [1.165, 1.54) is 7.05 Å². The molecule has 4 amide bonds. The second kappa shape index (κ2) is 9.58. The van der Waals surface area contributed by atoms with Gasteiger partial charge in [-0.25, -0.2) is 0 Å². The van der Waals surface area contributed by atoms with E-state index in [2.05, 4.69) is 27.3 Å². The molecule has 0 radical (unpaired) electrons. The number of nitrogens with zero attached hydrogens (tertiary/aromatic N) is 2. The highest BCUT2D eigenvalue weighted by atomic mass is 127. The van der Waals surface area contributed by atoms with E-state index in [4.69, 9.17) is 23.2 Å². The van der Waals surface area contributed by atoms with Crippen molar-refractivity contribution in [1.29, 1.82) is 0 Å². The Kier molecular flexibility index (Phi) is 6.67. The van der Waals surface area contributed by atoms with Crippen LogP contribution in [0.4, 0.5) is 18.9 Å². The first-order chi connectivity index (χ1) is 19.6. The molecule has 1 N–H and O–H groups in total. The quantitative estimate of drug-likeness (QED) is 0.204. The van der Waals surface area contributed by atoms with Crippen molar-refractivity contribution < 1.29 is 42.2 Å². The van der Waals surface area contributed by atoms with Crippen molar-refractivity contribution in [2.75, 3.05) is 11.9 Å². The Morgan fingerprint density at radius 2 is 1.67 bits per heavy atom. The third kappa shape index (κ3) is 4.00. The number of phenols is 1. The second-order valence-corrected chi connectivity index (χ2v) is 13.2. The van der Waals surface area contributed by atoms with Crippen molar-refractivity contribution >= 4 is 75.1 Å². The van der Waals surface area contributed by atoms with E-state index in [0.29, 0.717) is 11.3 Å². The highest BCUT2D eigenvalue weighted by Crippen LogP contribution is 2.66. The van der Waals surface area contributed by atoms with E-state index >= 15 is 0 Å². The van der Waals surface area contributed by atoms with Gasteiger partial charge >= 0.3 is 6.36 Å². The summed E-state index contributed by atoms with van der Waals surface area (Å²) in [5, 5.41) is 10.9. The highest BCUT2D eigenvalue weighted by Gasteiger charge is 2.76. The number of allylic oxidation sites excluding steroid dienone is 2. The maximum Gasteiger partial charge on any atom is 0.573 e. The number of amides is 4. The van der Waals surface area contributed by atoms with Gasteiger partial charge in [0.2, 0.25) is 11.8 Å². The number of halogens is 6. The molecule has 6 atom stereocenters. The van der Waals surface area contributed by atoms with E-state index in [9.17, 15) is 37.5 Å². The van der Waals surface area contributed by atoms with Gasteiger partial charge in [0.25, 0.3) is 11.8 Å². The Morgan fingerprint density at radius 1 is 1.00 bits per heavy atom. The van der Waals surface area contributed by atoms with Gasteiger partial charge in [0, 0.05) is 22.1 Å². The summed E-state index contributed by atoms with van der Waals surface area (Å²) in [7, 11) is 1.18. The fourth-order valence-electron chi connectivity index (χ4n) is 6.90. The van der Waals surface area contributed by atoms with Crippen molar-refractivity contribution in [2.24, 2.45) is 17.8 Å². The SMILES string of the molecule is CN1C(=O)[C@]2(Cl)C[C@@H]3C(=CC[C@@H]4C(=O)N(c5ccc(I)cc5)C(=O)[C@@H]43)[C@H](c3cc(OC(F)(F)F)ccc3O)[C@]2(Cl)C1=O. The molecule has 220 valence electrons. The summed E-state index contributed by atoms with van der Waals surface area (Å²) in [4.78, 5) is 52.0. The molecule has 3 fully saturated rings. The molecule has 0 bridgehead atoms. The average Bonchev–Trinajstić information content (AvgIpc) is 3.25. The molecule has 8 nitrogen and oxygen atoms in total. The predicted molar refractivity (Wildman–Crippen MR) is 152 cm³/mol. The van der Waals surface area contributed by atoms with E-state index in [1.54, 1.807) is 30.3 Å². The lowest BCUT2D eigenvalue weighted by Crippen LogP contribution is -2.60. The van der Waals surface area contributed by atoms with E-state index < -0.39 is 74.9 Å². The van der Waals surface area contributed by atoms with Crippen molar-refractivity contribution in [2.45, 2.75) is 34.9 Å². The molecule has 14 heteroatoms. The third-order valence-corrected chi connectivity index (χ3v) is 10.8. The molecule has 4 aliphatic rings. The molecule has 2 aliphatic heterocycles. The van der Waals surface area contributed by atoms with Gasteiger partial charge in [-0.15, -0.1) is 36.4 Å². The number of carbonyl (C=O) groups excluding carboxylic acids is 4. The number of ether oxygens (including phenoxy) is 1. The number of fused-ring (bicyclic) bond motifs is 4. The van der Waals surface area contributed by atoms with Crippen molar-refractivity contribution in [3.63, 3.8) is 0 Å². The van der Waals surface area contributed by atoms with Crippen LogP contribution in [0, 0.1) is 21.3 Å². The minimum absolute atomic E-state index is 0.0537. The molecule has 0 spiro atoms.